The van der Waals surface area contributed by atoms with Crippen LogP contribution in [0.5, 0.6) is 0 Å². The van der Waals surface area contributed by atoms with Gasteiger partial charge in [0, 0.05) is 11.5 Å². The van der Waals surface area contributed by atoms with Gasteiger partial charge in [-0.15, -0.1) is 0 Å². The summed E-state index contributed by atoms with van der Waals surface area (Å²) in [6.45, 7) is 0.0976. The second kappa shape index (κ2) is 7.41. The molecule has 0 amide bonds. The maximum absolute atomic E-state index is 12.1. The molecule has 0 radical (unpaired) electrons. The zero-order valence-electron chi connectivity index (χ0n) is 10.7. The first-order valence-electron chi connectivity index (χ1n) is 5.72. The molecule has 1 rings (SSSR count). The molecule has 0 saturated carbocycles. The van der Waals surface area contributed by atoms with Crippen molar-refractivity contribution in [2.75, 3.05) is 32.3 Å². The van der Waals surface area contributed by atoms with Gasteiger partial charge in [0.05, 0.1) is 13.7 Å². The van der Waals surface area contributed by atoms with E-state index in [-0.39, 0.29) is 12.6 Å². The summed E-state index contributed by atoms with van der Waals surface area (Å²) in [7, 11) is 3.12. The maximum atomic E-state index is 12.1. The zero-order valence-corrected chi connectivity index (χ0v) is 11.5. The first-order valence-corrected chi connectivity index (χ1v) is 6.88. The summed E-state index contributed by atoms with van der Waals surface area (Å²) in [6, 6.07) is 9.48. The highest BCUT2D eigenvalue weighted by atomic mass is 32.2. The van der Waals surface area contributed by atoms with Gasteiger partial charge in [0.25, 0.3) is 0 Å². The molecule has 1 aromatic rings. The molecule has 0 aliphatic heterocycles. The number of methoxy groups -OCH3 is 1. The quantitative estimate of drug-likeness (QED) is 0.571. The van der Waals surface area contributed by atoms with Gasteiger partial charge in [0.1, 0.15) is 0 Å². The van der Waals surface area contributed by atoms with E-state index in [1.807, 2.05) is 30.3 Å². The number of nitrogens with one attached hydrogen (secondary N) is 1. The van der Waals surface area contributed by atoms with Crippen molar-refractivity contribution in [2.24, 2.45) is 0 Å². The van der Waals surface area contributed by atoms with E-state index in [0.29, 0.717) is 11.5 Å². The van der Waals surface area contributed by atoms with Crippen LogP contribution in [-0.4, -0.2) is 43.3 Å². The van der Waals surface area contributed by atoms with Crippen molar-refractivity contribution in [3.8, 4) is 0 Å². The number of ether oxygens (including phenoxy) is 1. The molecule has 0 heterocycles. The number of carbonyl (C=O) groups is 1. The molecule has 0 saturated heterocycles. The van der Waals surface area contributed by atoms with Gasteiger partial charge in [-0.1, -0.05) is 30.3 Å². The van der Waals surface area contributed by atoms with E-state index >= 15 is 0 Å². The summed E-state index contributed by atoms with van der Waals surface area (Å²) < 4.78 is 4.91. The lowest BCUT2D eigenvalue weighted by molar-refractivity contribution is -0.147. The summed E-state index contributed by atoms with van der Waals surface area (Å²) in [4.78, 5) is 12.1. The van der Waals surface area contributed by atoms with Crippen LogP contribution in [0.25, 0.3) is 0 Å². The van der Waals surface area contributed by atoms with E-state index < -0.39 is 5.54 Å². The molecular weight excluding hydrogens is 250 g/mol. The zero-order chi connectivity index (χ0) is 13.4. The molecule has 5 heteroatoms. The van der Waals surface area contributed by atoms with E-state index in [1.165, 1.54) is 18.9 Å². The number of likely N-dealkylation sites (N-methyl/N-ethyl adjacent to an activating group) is 1. The van der Waals surface area contributed by atoms with Gasteiger partial charge in [-0.05, 0) is 12.6 Å². The van der Waals surface area contributed by atoms with E-state index in [2.05, 4.69) is 5.32 Å². The fraction of sp³-hybridized carbons (Fsp3) is 0.462. The molecule has 0 aliphatic carbocycles. The van der Waals surface area contributed by atoms with Crippen LogP contribution >= 0.6 is 11.8 Å². The van der Waals surface area contributed by atoms with Crippen molar-refractivity contribution in [3.63, 3.8) is 0 Å². The monoisotopic (exact) mass is 269 g/mol. The second-order valence-electron chi connectivity index (χ2n) is 3.79. The highest BCUT2D eigenvalue weighted by Gasteiger charge is 2.39. The molecule has 0 aromatic heterocycles. The van der Waals surface area contributed by atoms with Crippen molar-refractivity contribution in [1.82, 2.24) is 5.32 Å². The third-order valence-electron chi connectivity index (χ3n) is 2.78. The molecule has 2 N–H and O–H groups in total. The minimum atomic E-state index is -0.865. The number of esters is 1. The number of rotatable bonds is 7. The van der Waals surface area contributed by atoms with Gasteiger partial charge in [-0.3, -0.25) is 0 Å². The fourth-order valence-electron chi connectivity index (χ4n) is 1.77. The molecule has 0 spiro atoms. The molecule has 0 fully saturated rings. The van der Waals surface area contributed by atoms with E-state index in [1.54, 1.807) is 7.05 Å². The Labute approximate surface area is 112 Å². The highest BCUT2D eigenvalue weighted by molar-refractivity contribution is 7.99. The van der Waals surface area contributed by atoms with E-state index in [9.17, 15) is 4.79 Å². The van der Waals surface area contributed by atoms with Crippen molar-refractivity contribution in [2.45, 2.75) is 5.54 Å². The SMILES string of the molecule is CNC(CSCCO)(C(=O)OC)c1ccccc1. The lowest BCUT2D eigenvalue weighted by atomic mass is 9.92. The van der Waals surface area contributed by atoms with Crippen molar-refractivity contribution >= 4 is 17.7 Å². The van der Waals surface area contributed by atoms with Gasteiger partial charge in [0.15, 0.2) is 5.54 Å². The van der Waals surface area contributed by atoms with Gasteiger partial charge in [-0.25, -0.2) is 4.79 Å². The average Bonchev–Trinajstić information content (AvgIpc) is 2.44. The summed E-state index contributed by atoms with van der Waals surface area (Å²) >= 11 is 1.51. The van der Waals surface area contributed by atoms with Crippen molar-refractivity contribution < 1.29 is 14.6 Å². The molecule has 100 valence electrons. The standard InChI is InChI=1S/C13H19NO3S/c1-14-13(12(16)17-2,10-18-9-8-15)11-6-4-3-5-7-11/h3-7,14-15H,8-10H2,1-2H3. The van der Waals surface area contributed by atoms with Crippen LogP contribution in [0.1, 0.15) is 5.56 Å². The summed E-state index contributed by atoms with van der Waals surface area (Å²) in [5.74, 6) is 0.787. The highest BCUT2D eigenvalue weighted by Crippen LogP contribution is 2.27. The number of hydrogen-bond acceptors (Lipinski definition) is 5. The number of aliphatic hydroxyl groups is 1. The molecule has 1 atom stereocenters. The predicted molar refractivity (Wildman–Crippen MR) is 73.6 cm³/mol. The topological polar surface area (TPSA) is 58.6 Å². The predicted octanol–water partition coefficient (Wildman–Crippen LogP) is 1.000. The second-order valence-corrected chi connectivity index (χ2v) is 4.89. The lowest BCUT2D eigenvalue weighted by Crippen LogP contribution is -2.50. The first-order chi connectivity index (χ1) is 8.71. The maximum Gasteiger partial charge on any atom is 0.331 e. The Bertz CT molecular complexity index is 372. The Hall–Kier alpha value is -1.04. The van der Waals surface area contributed by atoms with Crippen LogP contribution < -0.4 is 5.32 Å². The van der Waals surface area contributed by atoms with Gasteiger partial charge >= 0.3 is 5.97 Å². The third-order valence-corrected chi connectivity index (χ3v) is 3.89. The Morgan fingerprint density at radius 3 is 2.61 bits per heavy atom. The molecule has 1 unspecified atom stereocenters. The number of carbonyl (C=O) groups excluding carboxylic acids is 1. The summed E-state index contributed by atoms with van der Waals surface area (Å²) in [5, 5.41) is 11.9. The number of benzene rings is 1. The minimum Gasteiger partial charge on any atom is -0.467 e. The van der Waals surface area contributed by atoms with Crippen LogP contribution in [0.15, 0.2) is 30.3 Å². The number of aliphatic hydroxyl groups excluding tert-OH is 1. The smallest absolute Gasteiger partial charge is 0.331 e. The van der Waals surface area contributed by atoms with Gasteiger partial charge in [-0.2, -0.15) is 11.8 Å². The van der Waals surface area contributed by atoms with Gasteiger partial charge < -0.3 is 15.2 Å². The molecule has 0 aliphatic rings. The Morgan fingerprint density at radius 2 is 2.11 bits per heavy atom. The largest absolute Gasteiger partial charge is 0.467 e. The van der Waals surface area contributed by atoms with Crippen LogP contribution in [-0.2, 0) is 15.1 Å². The molecule has 1 aromatic carbocycles. The Balaban J connectivity index is 3.02. The lowest BCUT2D eigenvalue weighted by Gasteiger charge is -2.30. The summed E-state index contributed by atoms with van der Waals surface area (Å²) in [5.41, 5.74) is 0.000315. The third kappa shape index (κ3) is 3.25. The van der Waals surface area contributed by atoms with Crippen molar-refractivity contribution in [1.29, 1.82) is 0 Å². The minimum absolute atomic E-state index is 0.0976. The first kappa shape index (κ1) is 15.0. The van der Waals surface area contributed by atoms with Crippen LogP contribution in [0.2, 0.25) is 0 Å². The summed E-state index contributed by atoms with van der Waals surface area (Å²) in [6.07, 6.45) is 0. The fourth-order valence-corrected chi connectivity index (χ4v) is 2.77. The van der Waals surface area contributed by atoms with E-state index in [4.69, 9.17) is 9.84 Å². The van der Waals surface area contributed by atoms with Gasteiger partial charge in [0.2, 0.25) is 0 Å². The molecule has 18 heavy (non-hydrogen) atoms. The van der Waals surface area contributed by atoms with Crippen molar-refractivity contribution in [3.05, 3.63) is 35.9 Å². The van der Waals surface area contributed by atoms with Crippen LogP contribution in [0.3, 0.4) is 0 Å². The Morgan fingerprint density at radius 1 is 1.44 bits per heavy atom. The molecule has 4 nitrogen and oxygen atoms in total. The van der Waals surface area contributed by atoms with E-state index in [0.717, 1.165) is 5.56 Å². The Kier molecular flexibility index (Phi) is 6.18. The van der Waals surface area contributed by atoms with Crippen LogP contribution in [0.4, 0.5) is 0 Å². The number of hydrogen-bond donors (Lipinski definition) is 2. The molecule has 0 bridgehead atoms. The number of thioether (sulfide) groups is 1. The molecular formula is C13H19NO3S. The normalized spacial score (nSPS) is 13.9. The average molecular weight is 269 g/mol. The van der Waals surface area contributed by atoms with Crippen LogP contribution in [0, 0.1) is 0 Å².